The molecule has 0 saturated heterocycles. The van der Waals surface area contributed by atoms with Crippen LogP contribution in [0.1, 0.15) is 23.2 Å². The summed E-state index contributed by atoms with van der Waals surface area (Å²) in [5.74, 6) is 0.0850. The van der Waals surface area contributed by atoms with Gasteiger partial charge in [-0.1, -0.05) is 0 Å². The summed E-state index contributed by atoms with van der Waals surface area (Å²) in [4.78, 5) is 25.5. The number of hydrogen-bond donors (Lipinski definition) is 2. The molecule has 1 aromatic heterocycles. The lowest BCUT2D eigenvalue weighted by Gasteiger charge is -2.03. The van der Waals surface area contributed by atoms with Crippen LogP contribution in [0.3, 0.4) is 0 Å². The van der Waals surface area contributed by atoms with Gasteiger partial charge in [0.25, 0.3) is 0 Å². The predicted octanol–water partition coefficient (Wildman–Crippen LogP) is 2.17. The van der Waals surface area contributed by atoms with Gasteiger partial charge < -0.3 is 10.1 Å². The van der Waals surface area contributed by atoms with E-state index in [1.54, 1.807) is 28.5 Å². The van der Waals surface area contributed by atoms with Crippen LogP contribution in [0.25, 0.3) is 11.0 Å². The van der Waals surface area contributed by atoms with Gasteiger partial charge in [-0.3, -0.25) is 4.57 Å². The second-order valence-corrected chi connectivity index (χ2v) is 5.30. The molecule has 1 heterocycles. The van der Waals surface area contributed by atoms with Crippen LogP contribution in [0.5, 0.6) is 0 Å². The zero-order valence-electron chi connectivity index (χ0n) is 10.7. The van der Waals surface area contributed by atoms with Gasteiger partial charge in [0.2, 0.25) is 0 Å². The summed E-state index contributed by atoms with van der Waals surface area (Å²) < 4.78 is 1.61. The molecule has 0 aliphatic rings. The summed E-state index contributed by atoms with van der Waals surface area (Å²) in [6.45, 7) is 0.614. The molecule has 0 saturated carbocycles. The van der Waals surface area contributed by atoms with Crippen LogP contribution < -0.4 is 5.69 Å². The third-order valence-corrected chi connectivity index (χ3v) is 3.70. The Morgan fingerprint density at radius 1 is 1.42 bits per heavy atom. The van der Waals surface area contributed by atoms with Gasteiger partial charge in [-0.25, -0.2) is 9.59 Å². The van der Waals surface area contributed by atoms with E-state index in [4.69, 9.17) is 5.11 Å². The lowest BCUT2D eigenvalue weighted by Crippen LogP contribution is -2.16. The van der Waals surface area contributed by atoms with E-state index in [1.807, 2.05) is 0 Å². The van der Waals surface area contributed by atoms with E-state index in [1.165, 1.54) is 6.07 Å². The summed E-state index contributed by atoms with van der Waals surface area (Å²) in [5.41, 5.74) is 1.36. The first kappa shape index (κ1) is 13.7. The van der Waals surface area contributed by atoms with Crippen LogP contribution >= 0.6 is 11.8 Å². The standard InChI is InChI=1S/C13H16N2O3S/c1-19-7-3-2-6-15-11-8-9(12(16)17)4-5-10(11)14-13(15)18/h4-5,8H,2-3,6-7H2,1H3,(H,14,18)(H,16,17). The minimum Gasteiger partial charge on any atom is -0.478 e. The molecule has 0 aliphatic carbocycles. The van der Waals surface area contributed by atoms with Crippen LogP contribution in [0.15, 0.2) is 23.0 Å². The van der Waals surface area contributed by atoms with Gasteiger partial charge in [0.1, 0.15) is 0 Å². The summed E-state index contributed by atoms with van der Waals surface area (Å²) in [6.07, 6.45) is 4.00. The molecule has 0 fully saturated rings. The highest BCUT2D eigenvalue weighted by atomic mass is 32.2. The fourth-order valence-electron chi connectivity index (χ4n) is 2.02. The van der Waals surface area contributed by atoms with Crippen LogP contribution in [-0.4, -0.2) is 32.6 Å². The van der Waals surface area contributed by atoms with Crippen LogP contribution in [0.2, 0.25) is 0 Å². The van der Waals surface area contributed by atoms with Crippen molar-refractivity contribution in [3.05, 3.63) is 34.2 Å². The van der Waals surface area contributed by atoms with Gasteiger partial charge in [-0.15, -0.1) is 0 Å². The van der Waals surface area contributed by atoms with Gasteiger partial charge in [-0.05, 0) is 43.0 Å². The Balaban J connectivity index is 2.30. The first-order valence-electron chi connectivity index (χ1n) is 6.08. The zero-order valence-corrected chi connectivity index (χ0v) is 11.5. The number of aromatic nitrogens is 2. The summed E-state index contributed by atoms with van der Waals surface area (Å²) >= 11 is 1.78. The minimum atomic E-state index is -0.982. The van der Waals surface area contributed by atoms with E-state index >= 15 is 0 Å². The average Bonchev–Trinajstić information content (AvgIpc) is 2.70. The fourth-order valence-corrected chi connectivity index (χ4v) is 2.52. The molecule has 0 atom stereocenters. The number of unbranched alkanes of at least 4 members (excludes halogenated alkanes) is 1. The minimum absolute atomic E-state index is 0.179. The van der Waals surface area contributed by atoms with Crippen LogP contribution in [0.4, 0.5) is 0 Å². The summed E-state index contributed by atoms with van der Waals surface area (Å²) in [6, 6.07) is 4.68. The number of aromatic amines is 1. The van der Waals surface area contributed by atoms with E-state index in [0.29, 0.717) is 17.6 Å². The molecule has 19 heavy (non-hydrogen) atoms. The normalized spacial score (nSPS) is 11.0. The molecule has 0 radical (unpaired) electrons. The number of aromatic carboxylic acids is 1. The molecule has 2 aromatic rings. The number of H-pyrrole nitrogens is 1. The Morgan fingerprint density at radius 2 is 2.21 bits per heavy atom. The number of aryl methyl sites for hydroxylation is 1. The number of carboxylic acids is 1. The number of carboxylic acid groups (broad SMARTS) is 1. The molecule has 102 valence electrons. The first-order valence-corrected chi connectivity index (χ1v) is 7.47. The number of hydrogen-bond acceptors (Lipinski definition) is 3. The SMILES string of the molecule is CSCCCCn1c(=O)[nH]c2ccc(C(=O)O)cc21. The number of rotatable bonds is 6. The van der Waals surface area contributed by atoms with E-state index < -0.39 is 5.97 Å². The second-order valence-electron chi connectivity index (χ2n) is 4.32. The van der Waals surface area contributed by atoms with Crippen molar-refractivity contribution in [2.24, 2.45) is 0 Å². The molecule has 6 heteroatoms. The molecule has 0 spiro atoms. The van der Waals surface area contributed by atoms with Gasteiger partial charge in [0.05, 0.1) is 16.6 Å². The van der Waals surface area contributed by atoms with Crippen molar-refractivity contribution >= 4 is 28.8 Å². The van der Waals surface area contributed by atoms with Crippen molar-refractivity contribution in [3.8, 4) is 0 Å². The quantitative estimate of drug-likeness (QED) is 0.795. The molecule has 0 amide bonds. The van der Waals surface area contributed by atoms with Crippen molar-refractivity contribution in [2.75, 3.05) is 12.0 Å². The highest BCUT2D eigenvalue weighted by Gasteiger charge is 2.10. The molecule has 0 bridgehead atoms. The van der Waals surface area contributed by atoms with Crippen LogP contribution in [-0.2, 0) is 6.54 Å². The molecule has 0 aliphatic heterocycles. The van der Waals surface area contributed by atoms with Crippen molar-refractivity contribution in [2.45, 2.75) is 19.4 Å². The monoisotopic (exact) mass is 280 g/mol. The van der Waals surface area contributed by atoms with E-state index in [9.17, 15) is 9.59 Å². The lowest BCUT2D eigenvalue weighted by atomic mass is 10.2. The number of carbonyl (C=O) groups is 1. The van der Waals surface area contributed by atoms with Gasteiger partial charge in [-0.2, -0.15) is 11.8 Å². The van der Waals surface area contributed by atoms with Crippen molar-refractivity contribution in [3.63, 3.8) is 0 Å². The van der Waals surface area contributed by atoms with E-state index in [0.717, 1.165) is 18.6 Å². The molecule has 2 rings (SSSR count). The molecule has 1 aromatic carbocycles. The predicted molar refractivity (Wildman–Crippen MR) is 77.1 cm³/mol. The molecule has 0 unspecified atom stereocenters. The highest BCUT2D eigenvalue weighted by Crippen LogP contribution is 2.14. The van der Waals surface area contributed by atoms with Crippen molar-refractivity contribution < 1.29 is 9.90 Å². The maximum absolute atomic E-state index is 11.8. The average molecular weight is 280 g/mol. The molecular weight excluding hydrogens is 264 g/mol. The third kappa shape index (κ3) is 3.01. The number of fused-ring (bicyclic) bond motifs is 1. The van der Waals surface area contributed by atoms with Crippen LogP contribution in [0, 0.1) is 0 Å². The maximum atomic E-state index is 11.8. The second kappa shape index (κ2) is 5.97. The Labute approximate surface area is 114 Å². The molecule has 5 nitrogen and oxygen atoms in total. The maximum Gasteiger partial charge on any atom is 0.335 e. The number of nitrogens with zero attached hydrogens (tertiary/aromatic N) is 1. The molecular formula is C13H16N2O3S. The summed E-state index contributed by atoms with van der Waals surface area (Å²) in [7, 11) is 0. The zero-order chi connectivity index (χ0) is 13.8. The van der Waals surface area contributed by atoms with E-state index in [-0.39, 0.29) is 11.3 Å². The first-order chi connectivity index (χ1) is 9.13. The topological polar surface area (TPSA) is 75.1 Å². The largest absolute Gasteiger partial charge is 0.478 e. The smallest absolute Gasteiger partial charge is 0.335 e. The Hall–Kier alpha value is -1.69. The Bertz CT molecular complexity index is 645. The Morgan fingerprint density at radius 3 is 2.89 bits per heavy atom. The number of thioether (sulfide) groups is 1. The van der Waals surface area contributed by atoms with Gasteiger partial charge in [0.15, 0.2) is 0 Å². The molecule has 2 N–H and O–H groups in total. The highest BCUT2D eigenvalue weighted by molar-refractivity contribution is 7.98. The summed E-state index contributed by atoms with van der Waals surface area (Å²) in [5, 5.41) is 8.99. The number of benzene rings is 1. The van der Waals surface area contributed by atoms with Crippen molar-refractivity contribution in [1.82, 2.24) is 9.55 Å². The fraction of sp³-hybridized carbons (Fsp3) is 0.385. The van der Waals surface area contributed by atoms with Gasteiger partial charge >= 0.3 is 11.7 Å². The van der Waals surface area contributed by atoms with E-state index in [2.05, 4.69) is 11.2 Å². The lowest BCUT2D eigenvalue weighted by molar-refractivity contribution is 0.0697. The number of nitrogens with one attached hydrogen (secondary N) is 1. The third-order valence-electron chi connectivity index (χ3n) is 3.00. The van der Waals surface area contributed by atoms with Crippen molar-refractivity contribution in [1.29, 1.82) is 0 Å². The Kier molecular flexibility index (Phi) is 4.31. The number of imidazole rings is 1. The van der Waals surface area contributed by atoms with Gasteiger partial charge in [0, 0.05) is 6.54 Å².